The number of benzene rings is 1. The molecule has 19 heavy (non-hydrogen) atoms. The van der Waals surface area contributed by atoms with Gasteiger partial charge in [0.05, 0.1) is 19.8 Å². The number of halogens is 1. The van der Waals surface area contributed by atoms with Gasteiger partial charge in [-0.1, -0.05) is 0 Å². The average molecular weight is 326 g/mol. The molecule has 5 nitrogen and oxygen atoms in total. The van der Waals surface area contributed by atoms with Crippen molar-refractivity contribution in [3.63, 3.8) is 0 Å². The van der Waals surface area contributed by atoms with E-state index in [9.17, 15) is 4.79 Å². The lowest BCUT2D eigenvalue weighted by atomic mass is 10.1. The highest BCUT2D eigenvalue weighted by atomic mass is 79.9. The van der Waals surface area contributed by atoms with Crippen LogP contribution in [0.1, 0.15) is 16.1 Å². The van der Waals surface area contributed by atoms with E-state index in [1.165, 1.54) is 20.3 Å². The highest BCUT2D eigenvalue weighted by Gasteiger charge is 2.19. The molecule has 0 unspecified atom stereocenters. The number of nitrogen functional groups attached to an aromatic ring is 1. The topological polar surface area (TPSA) is 74.7 Å². The molecule has 1 aromatic heterocycles. The summed E-state index contributed by atoms with van der Waals surface area (Å²) in [6.45, 7) is 0. The van der Waals surface area contributed by atoms with Gasteiger partial charge in [0, 0.05) is 11.8 Å². The molecule has 1 aromatic carbocycles. The van der Waals surface area contributed by atoms with Crippen molar-refractivity contribution in [3.8, 4) is 11.5 Å². The van der Waals surface area contributed by atoms with E-state index in [1.807, 2.05) is 0 Å². The molecule has 0 aliphatic heterocycles. The molecular weight excluding hydrogens is 314 g/mol. The number of anilines is 1. The fraction of sp³-hybridized carbons (Fsp3) is 0.154. The van der Waals surface area contributed by atoms with E-state index < -0.39 is 0 Å². The first-order valence-corrected chi connectivity index (χ1v) is 6.17. The van der Waals surface area contributed by atoms with Crippen molar-refractivity contribution in [2.75, 3.05) is 20.0 Å². The minimum absolute atomic E-state index is 0.200. The molecule has 1 heterocycles. The molecule has 0 radical (unpaired) electrons. The SMILES string of the molecule is COc1cc(N)c(C(=O)c2ccc(Br)o2)cc1OC. The van der Waals surface area contributed by atoms with E-state index in [1.54, 1.807) is 18.2 Å². The number of nitrogens with two attached hydrogens (primary N) is 1. The van der Waals surface area contributed by atoms with Crippen LogP contribution in [0, 0.1) is 0 Å². The van der Waals surface area contributed by atoms with Crippen molar-refractivity contribution in [2.24, 2.45) is 0 Å². The first-order chi connectivity index (χ1) is 9.06. The van der Waals surface area contributed by atoms with Crippen LogP contribution in [-0.2, 0) is 0 Å². The van der Waals surface area contributed by atoms with E-state index in [-0.39, 0.29) is 11.5 Å². The number of hydrogen-bond donors (Lipinski definition) is 1. The van der Waals surface area contributed by atoms with Crippen molar-refractivity contribution in [3.05, 3.63) is 40.3 Å². The molecule has 0 bridgehead atoms. The van der Waals surface area contributed by atoms with Gasteiger partial charge in [0.2, 0.25) is 5.78 Å². The van der Waals surface area contributed by atoms with Gasteiger partial charge in [-0.3, -0.25) is 4.79 Å². The Morgan fingerprint density at radius 2 is 1.84 bits per heavy atom. The van der Waals surface area contributed by atoms with Gasteiger partial charge in [0.25, 0.3) is 0 Å². The van der Waals surface area contributed by atoms with Crippen LogP contribution >= 0.6 is 15.9 Å². The minimum atomic E-state index is -0.316. The smallest absolute Gasteiger partial charge is 0.230 e. The molecule has 0 amide bonds. The van der Waals surface area contributed by atoms with Crippen molar-refractivity contribution in [1.29, 1.82) is 0 Å². The van der Waals surface area contributed by atoms with Crippen molar-refractivity contribution in [1.82, 2.24) is 0 Å². The molecule has 0 saturated heterocycles. The molecule has 2 N–H and O–H groups in total. The third-order valence-electron chi connectivity index (χ3n) is 2.60. The summed E-state index contributed by atoms with van der Waals surface area (Å²) in [6.07, 6.45) is 0. The Kier molecular flexibility index (Phi) is 3.80. The Balaban J connectivity index is 2.47. The zero-order valence-electron chi connectivity index (χ0n) is 10.4. The summed E-state index contributed by atoms with van der Waals surface area (Å²) in [5, 5.41) is 0. The van der Waals surface area contributed by atoms with Gasteiger partial charge in [-0.25, -0.2) is 0 Å². The lowest BCUT2D eigenvalue weighted by Gasteiger charge is -2.11. The van der Waals surface area contributed by atoms with E-state index in [0.29, 0.717) is 27.4 Å². The molecule has 2 aromatic rings. The van der Waals surface area contributed by atoms with E-state index in [4.69, 9.17) is 19.6 Å². The Hall–Kier alpha value is -1.95. The van der Waals surface area contributed by atoms with Gasteiger partial charge in [-0.05, 0) is 34.1 Å². The van der Waals surface area contributed by atoms with Gasteiger partial charge < -0.3 is 19.6 Å². The second-order valence-electron chi connectivity index (χ2n) is 3.73. The Labute approximate surface area is 118 Å². The van der Waals surface area contributed by atoms with Crippen molar-refractivity contribution in [2.45, 2.75) is 0 Å². The number of ketones is 1. The maximum absolute atomic E-state index is 12.3. The van der Waals surface area contributed by atoms with Crippen LogP contribution in [0.15, 0.2) is 33.4 Å². The van der Waals surface area contributed by atoms with Gasteiger partial charge in [0.15, 0.2) is 21.9 Å². The molecular formula is C13H12BrNO4. The number of carbonyl (C=O) groups is 1. The largest absolute Gasteiger partial charge is 0.493 e. The standard InChI is InChI=1S/C13H12BrNO4/c1-17-10-5-7(8(15)6-11(10)18-2)13(16)9-3-4-12(14)19-9/h3-6H,15H2,1-2H3. The van der Waals surface area contributed by atoms with Crippen LogP contribution < -0.4 is 15.2 Å². The fourth-order valence-electron chi connectivity index (χ4n) is 1.66. The Morgan fingerprint density at radius 3 is 2.37 bits per heavy atom. The monoisotopic (exact) mass is 325 g/mol. The Morgan fingerprint density at radius 1 is 1.21 bits per heavy atom. The minimum Gasteiger partial charge on any atom is -0.493 e. The van der Waals surface area contributed by atoms with E-state index in [2.05, 4.69) is 15.9 Å². The molecule has 6 heteroatoms. The lowest BCUT2D eigenvalue weighted by molar-refractivity contribution is 0.101. The molecule has 0 aliphatic rings. The van der Waals surface area contributed by atoms with E-state index >= 15 is 0 Å². The van der Waals surface area contributed by atoms with Crippen LogP contribution in [0.5, 0.6) is 11.5 Å². The van der Waals surface area contributed by atoms with Crippen LogP contribution in [0.3, 0.4) is 0 Å². The highest BCUT2D eigenvalue weighted by Crippen LogP contribution is 2.33. The molecule has 0 atom stereocenters. The van der Waals surface area contributed by atoms with Gasteiger partial charge in [0.1, 0.15) is 0 Å². The number of hydrogen-bond acceptors (Lipinski definition) is 5. The van der Waals surface area contributed by atoms with Crippen LogP contribution in [0.25, 0.3) is 0 Å². The molecule has 0 aliphatic carbocycles. The summed E-state index contributed by atoms with van der Waals surface area (Å²) >= 11 is 3.15. The number of carbonyl (C=O) groups excluding carboxylic acids is 1. The first kappa shape index (κ1) is 13.5. The summed E-state index contributed by atoms with van der Waals surface area (Å²) in [5.74, 6) is 0.790. The second-order valence-corrected chi connectivity index (χ2v) is 4.51. The quantitative estimate of drug-likeness (QED) is 0.691. The average Bonchev–Trinajstić information content (AvgIpc) is 2.84. The fourth-order valence-corrected chi connectivity index (χ4v) is 1.97. The number of ether oxygens (including phenoxy) is 2. The summed E-state index contributed by atoms with van der Waals surface area (Å²) in [6, 6.07) is 6.30. The maximum Gasteiger partial charge on any atom is 0.230 e. The van der Waals surface area contributed by atoms with Crippen LogP contribution in [-0.4, -0.2) is 20.0 Å². The third kappa shape index (κ3) is 2.58. The first-order valence-electron chi connectivity index (χ1n) is 5.38. The lowest BCUT2D eigenvalue weighted by Crippen LogP contribution is -2.06. The zero-order chi connectivity index (χ0) is 14.0. The van der Waals surface area contributed by atoms with Crippen molar-refractivity contribution >= 4 is 27.4 Å². The molecule has 0 saturated carbocycles. The molecule has 0 fully saturated rings. The molecule has 2 rings (SSSR count). The Bertz CT molecular complexity index is 621. The van der Waals surface area contributed by atoms with Gasteiger partial charge in [-0.15, -0.1) is 0 Å². The normalized spacial score (nSPS) is 10.3. The van der Waals surface area contributed by atoms with Gasteiger partial charge >= 0.3 is 0 Å². The summed E-state index contributed by atoms with van der Waals surface area (Å²) in [5.41, 5.74) is 6.46. The van der Waals surface area contributed by atoms with Gasteiger partial charge in [-0.2, -0.15) is 0 Å². The summed E-state index contributed by atoms with van der Waals surface area (Å²) < 4.78 is 16.0. The summed E-state index contributed by atoms with van der Waals surface area (Å²) in [4.78, 5) is 12.3. The number of rotatable bonds is 4. The molecule has 0 spiro atoms. The number of furan rings is 1. The number of methoxy groups -OCH3 is 2. The third-order valence-corrected chi connectivity index (χ3v) is 3.02. The zero-order valence-corrected chi connectivity index (χ0v) is 12.0. The van der Waals surface area contributed by atoms with Crippen molar-refractivity contribution < 1.29 is 18.7 Å². The predicted molar refractivity (Wildman–Crippen MR) is 73.8 cm³/mol. The second kappa shape index (κ2) is 5.36. The summed E-state index contributed by atoms with van der Waals surface area (Å²) in [7, 11) is 2.99. The predicted octanol–water partition coefficient (Wildman–Crippen LogP) is 2.87. The van der Waals surface area contributed by atoms with Crippen LogP contribution in [0.2, 0.25) is 0 Å². The molecule has 100 valence electrons. The highest BCUT2D eigenvalue weighted by molar-refractivity contribution is 9.10. The van der Waals surface area contributed by atoms with E-state index in [0.717, 1.165) is 0 Å². The maximum atomic E-state index is 12.3. The van der Waals surface area contributed by atoms with Crippen LogP contribution in [0.4, 0.5) is 5.69 Å².